The van der Waals surface area contributed by atoms with E-state index in [1.807, 2.05) is 6.92 Å². The van der Waals surface area contributed by atoms with Crippen LogP contribution >= 0.6 is 15.9 Å². The summed E-state index contributed by atoms with van der Waals surface area (Å²) in [5.74, 6) is 0.367. The molecule has 2 amide bonds. The van der Waals surface area contributed by atoms with Gasteiger partial charge in [0.1, 0.15) is 5.76 Å². The first-order valence-corrected chi connectivity index (χ1v) is 7.72. The summed E-state index contributed by atoms with van der Waals surface area (Å²) in [5.41, 5.74) is 0.563. The van der Waals surface area contributed by atoms with Crippen molar-refractivity contribution in [3.63, 3.8) is 0 Å². The Morgan fingerprint density at radius 3 is 2.59 bits per heavy atom. The average Bonchev–Trinajstić information content (AvgIpc) is 3.02. The van der Waals surface area contributed by atoms with Gasteiger partial charge in [0.2, 0.25) is 5.91 Å². The fraction of sp³-hybridized carbons (Fsp3) is 0.250. The second kappa shape index (κ2) is 7.79. The minimum Gasteiger partial charge on any atom is -0.467 e. The molecule has 5 nitrogen and oxygen atoms in total. The normalized spacial score (nSPS) is 11.7. The lowest BCUT2D eigenvalue weighted by Gasteiger charge is -2.11. The van der Waals surface area contributed by atoms with Crippen LogP contribution in [0.25, 0.3) is 0 Å². The lowest BCUT2D eigenvalue weighted by atomic mass is 10.2. The first kappa shape index (κ1) is 16.3. The Hall–Kier alpha value is -2.08. The quantitative estimate of drug-likeness (QED) is 0.827. The SMILES string of the molecule is C[C@@H](NC(=O)CCNC(=O)c1ccc(Br)cc1)c1ccco1. The number of carbonyl (C=O) groups excluding carboxylic acids is 2. The van der Waals surface area contributed by atoms with Gasteiger partial charge in [0.15, 0.2) is 0 Å². The number of furan rings is 1. The number of hydrogen-bond acceptors (Lipinski definition) is 3. The molecule has 0 unspecified atom stereocenters. The standard InChI is InChI=1S/C16H17BrN2O3/c1-11(14-3-2-10-22-14)19-15(20)8-9-18-16(21)12-4-6-13(17)7-5-12/h2-7,10-11H,8-9H2,1H3,(H,18,21)(H,19,20)/t11-/m1/s1. The minimum absolute atomic E-state index is 0.139. The Kier molecular flexibility index (Phi) is 5.77. The maximum atomic E-state index is 11.9. The third-order valence-electron chi connectivity index (χ3n) is 3.09. The molecule has 22 heavy (non-hydrogen) atoms. The molecule has 2 aromatic rings. The van der Waals surface area contributed by atoms with E-state index in [-0.39, 0.29) is 30.8 Å². The zero-order chi connectivity index (χ0) is 15.9. The Bertz CT molecular complexity index is 623. The van der Waals surface area contributed by atoms with E-state index in [2.05, 4.69) is 26.6 Å². The smallest absolute Gasteiger partial charge is 0.251 e. The predicted octanol–water partition coefficient (Wildman–Crippen LogP) is 3.04. The molecule has 0 aliphatic heterocycles. The van der Waals surface area contributed by atoms with Crippen LogP contribution < -0.4 is 10.6 Å². The fourth-order valence-corrected chi connectivity index (χ4v) is 2.18. The summed E-state index contributed by atoms with van der Waals surface area (Å²) in [5, 5.41) is 5.53. The molecule has 0 saturated heterocycles. The second-order valence-electron chi connectivity index (χ2n) is 4.82. The summed E-state index contributed by atoms with van der Waals surface area (Å²) in [6.45, 7) is 2.13. The highest BCUT2D eigenvalue weighted by molar-refractivity contribution is 9.10. The zero-order valence-electron chi connectivity index (χ0n) is 12.1. The van der Waals surface area contributed by atoms with Gasteiger partial charge in [0.25, 0.3) is 5.91 Å². The number of benzene rings is 1. The molecule has 0 spiro atoms. The van der Waals surface area contributed by atoms with E-state index < -0.39 is 0 Å². The van der Waals surface area contributed by atoms with E-state index in [1.165, 1.54) is 0 Å². The Morgan fingerprint density at radius 1 is 1.23 bits per heavy atom. The monoisotopic (exact) mass is 364 g/mol. The van der Waals surface area contributed by atoms with Crippen molar-refractivity contribution in [3.05, 3.63) is 58.5 Å². The number of nitrogens with one attached hydrogen (secondary N) is 2. The predicted molar refractivity (Wildman–Crippen MR) is 86.4 cm³/mol. The van der Waals surface area contributed by atoms with Gasteiger partial charge in [-0.1, -0.05) is 15.9 Å². The van der Waals surface area contributed by atoms with Crippen LogP contribution in [0, 0.1) is 0 Å². The lowest BCUT2D eigenvalue weighted by molar-refractivity contribution is -0.121. The molecule has 1 atom stereocenters. The molecule has 0 bridgehead atoms. The van der Waals surface area contributed by atoms with Crippen molar-refractivity contribution in [1.29, 1.82) is 0 Å². The number of carbonyl (C=O) groups is 2. The number of hydrogen-bond donors (Lipinski definition) is 2. The highest BCUT2D eigenvalue weighted by atomic mass is 79.9. The summed E-state index contributed by atoms with van der Waals surface area (Å²) in [6, 6.07) is 10.4. The van der Waals surface area contributed by atoms with Crippen LogP contribution in [-0.2, 0) is 4.79 Å². The molecule has 2 rings (SSSR count). The van der Waals surface area contributed by atoms with Crippen LogP contribution in [0.1, 0.15) is 35.5 Å². The molecular weight excluding hydrogens is 348 g/mol. The van der Waals surface area contributed by atoms with Crippen molar-refractivity contribution in [3.8, 4) is 0 Å². The number of halogens is 1. The topological polar surface area (TPSA) is 71.3 Å². The molecule has 6 heteroatoms. The van der Waals surface area contributed by atoms with Crippen molar-refractivity contribution < 1.29 is 14.0 Å². The van der Waals surface area contributed by atoms with Crippen molar-refractivity contribution >= 4 is 27.7 Å². The van der Waals surface area contributed by atoms with E-state index in [1.54, 1.807) is 42.7 Å². The van der Waals surface area contributed by atoms with Crippen molar-refractivity contribution in [2.75, 3.05) is 6.54 Å². The Balaban J connectivity index is 1.72. The van der Waals surface area contributed by atoms with E-state index >= 15 is 0 Å². The van der Waals surface area contributed by atoms with Crippen LogP contribution in [0.15, 0.2) is 51.6 Å². The van der Waals surface area contributed by atoms with Gasteiger partial charge in [0, 0.05) is 23.0 Å². The second-order valence-corrected chi connectivity index (χ2v) is 5.73. The number of rotatable bonds is 6. The van der Waals surface area contributed by atoms with Gasteiger partial charge < -0.3 is 15.1 Å². The molecule has 1 aromatic heterocycles. The maximum Gasteiger partial charge on any atom is 0.251 e. The van der Waals surface area contributed by atoms with Gasteiger partial charge in [0.05, 0.1) is 12.3 Å². The van der Waals surface area contributed by atoms with E-state index in [0.29, 0.717) is 11.3 Å². The van der Waals surface area contributed by atoms with Crippen LogP contribution in [-0.4, -0.2) is 18.4 Å². The van der Waals surface area contributed by atoms with Gasteiger partial charge in [-0.25, -0.2) is 0 Å². The van der Waals surface area contributed by atoms with Crippen LogP contribution in [0.4, 0.5) is 0 Å². The van der Waals surface area contributed by atoms with Crippen LogP contribution in [0.3, 0.4) is 0 Å². The Morgan fingerprint density at radius 2 is 1.95 bits per heavy atom. The number of amides is 2. The van der Waals surface area contributed by atoms with Gasteiger partial charge in [-0.15, -0.1) is 0 Å². The van der Waals surface area contributed by atoms with E-state index in [4.69, 9.17) is 4.42 Å². The average molecular weight is 365 g/mol. The molecule has 1 aromatic carbocycles. The molecule has 0 radical (unpaired) electrons. The maximum absolute atomic E-state index is 11.9. The third kappa shape index (κ3) is 4.73. The lowest BCUT2D eigenvalue weighted by Crippen LogP contribution is -2.31. The van der Waals surface area contributed by atoms with E-state index in [0.717, 1.165) is 4.47 Å². The molecule has 1 heterocycles. The first-order chi connectivity index (χ1) is 10.6. The van der Waals surface area contributed by atoms with Crippen molar-refractivity contribution in [2.24, 2.45) is 0 Å². The Labute approximate surface area is 137 Å². The molecule has 0 fully saturated rings. The first-order valence-electron chi connectivity index (χ1n) is 6.93. The van der Waals surface area contributed by atoms with Crippen LogP contribution in [0.5, 0.6) is 0 Å². The van der Waals surface area contributed by atoms with E-state index in [9.17, 15) is 9.59 Å². The third-order valence-corrected chi connectivity index (χ3v) is 3.62. The molecule has 0 aliphatic carbocycles. The molecule has 0 aliphatic rings. The fourth-order valence-electron chi connectivity index (χ4n) is 1.92. The van der Waals surface area contributed by atoms with Gasteiger partial charge >= 0.3 is 0 Å². The molecule has 2 N–H and O–H groups in total. The molecule has 116 valence electrons. The minimum atomic E-state index is -0.195. The van der Waals surface area contributed by atoms with Crippen molar-refractivity contribution in [2.45, 2.75) is 19.4 Å². The van der Waals surface area contributed by atoms with Crippen LogP contribution in [0.2, 0.25) is 0 Å². The van der Waals surface area contributed by atoms with Gasteiger partial charge in [-0.3, -0.25) is 9.59 Å². The summed E-state index contributed by atoms with van der Waals surface area (Å²) < 4.78 is 6.13. The largest absolute Gasteiger partial charge is 0.467 e. The summed E-state index contributed by atoms with van der Waals surface area (Å²) in [4.78, 5) is 23.7. The van der Waals surface area contributed by atoms with Crippen molar-refractivity contribution in [1.82, 2.24) is 10.6 Å². The summed E-state index contributed by atoms with van der Waals surface area (Å²) >= 11 is 3.31. The summed E-state index contributed by atoms with van der Waals surface area (Å²) in [7, 11) is 0. The summed E-state index contributed by atoms with van der Waals surface area (Å²) in [6.07, 6.45) is 1.78. The zero-order valence-corrected chi connectivity index (χ0v) is 13.7. The van der Waals surface area contributed by atoms with Gasteiger partial charge in [-0.05, 0) is 43.3 Å². The molecular formula is C16H17BrN2O3. The molecule has 0 saturated carbocycles. The highest BCUT2D eigenvalue weighted by Crippen LogP contribution is 2.12. The van der Waals surface area contributed by atoms with Gasteiger partial charge in [-0.2, -0.15) is 0 Å². The highest BCUT2D eigenvalue weighted by Gasteiger charge is 2.12.